The molecule has 0 saturated carbocycles. The van der Waals surface area contributed by atoms with Crippen molar-refractivity contribution < 1.29 is 27.5 Å². The lowest BCUT2D eigenvalue weighted by atomic mass is 9.91. The van der Waals surface area contributed by atoms with Crippen LogP contribution in [-0.4, -0.2) is 57.4 Å². The summed E-state index contributed by atoms with van der Waals surface area (Å²) in [5, 5.41) is 0. The number of aryl methyl sites for hydroxylation is 2. The number of Topliss-reactive ketones (excluding diaryl/α,β-unsaturated/α-hetero) is 1. The molecular formula is C25H23NO6S2. The molecule has 1 aliphatic carbocycles. The van der Waals surface area contributed by atoms with Crippen LogP contribution in [0.4, 0.5) is 0 Å². The molecule has 34 heavy (non-hydrogen) atoms. The van der Waals surface area contributed by atoms with Gasteiger partial charge in [-0.1, -0.05) is 24.3 Å². The van der Waals surface area contributed by atoms with Gasteiger partial charge in [0.25, 0.3) is 0 Å². The third kappa shape index (κ3) is 4.44. The van der Waals surface area contributed by atoms with E-state index in [0.717, 1.165) is 28.8 Å². The van der Waals surface area contributed by atoms with Crippen molar-refractivity contribution in [3.63, 3.8) is 0 Å². The lowest BCUT2D eigenvalue weighted by Crippen LogP contribution is -2.40. The maximum absolute atomic E-state index is 12.7. The summed E-state index contributed by atoms with van der Waals surface area (Å²) >= 11 is 1.39. The van der Waals surface area contributed by atoms with Crippen LogP contribution in [0.25, 0.3) is 10.4 Å². The largest absolute Gasteiger partial charge is 0.453 e. The Morgan fingerprint density at radius 1 is 0.971 bits per heavy atom. The predicted molar refractivity (Wildman–Crippen MR) is 128 cm³/mol. The number of ketones is 1. The zero-order valence-corrected chi connectivity index (χ0v) is 20.0. The molecule has 7 nitrogen and oxygen atoms in total. The number of morpholine rings is 1. The second-order valence-electron chi connectivity index (χ2n) is 8.16. The van der Waals surface area contributed by atoms with E-state index in [2.05, 4.69) is 12.1 Å². The first-order valence-corrected chi connectivity index (χ1v) is 13.3. The Morgan fingerprint density at radius 2 is 1.68 bits per heavy atom. The van der Waals surface area contributed by atoms with Crippen molar-refractivity contribution in [2.45, 2.75) is 17.7 Å². The van der Waals surface area contributed by atoms with Crippen molar-refractivity contribution in [3.05, 3.63) is 76.2 Å². The lowest BCUT2D eigenvalue weighted by Gasteiger charge is -2.26. The first-order chi connectivity index (χ1) is 16.4. The maximum atomic E-state index is 12.7. The van der Waals surface area contributed by atoms with Crippen molar-refractivity contribution in [2.24, 2.45) is 0 Å². The molecule has 2 heterocycles. The summed E-state index contributed by atoms with van der Waals surface area (Å²) in [6.45, 7) is 0.919. The number of fused-ring (bicyclic) bond motifs is 3. The van der Waals surface area contributed by atoms with Crippen LogP contribution < -0.4 is 0 Å². The highest BCUT2D eigenvalue weighted by molar-refractivity contribution is 7.89. The van der Waals surface area contributed by atoms with Gasteiger partial charge >= 0.3 is 5.97 Å². The Hall–Kier alpha value is -2.85. The predicted octanol–water partition coefficient (Wildman–Crippen LogP) is 3.57. The number of benzene rings is 2. The molecule has 2 aromatic carbocycles. The topological polar surface area (TPSA) is 90.0 Å². The van der Waals surface area contributed by atoms with E-state index in [-0.39, 0.29) is 10.5 Å². The summed E-state index contributed by atoms with van der Waals surface area (Å²) in [7, 11) is -3.63. The molecule has 1 aliphatic heterocycles. The van der Waals surface area contributed by atoms with E-state index in [1.807, 2.05) is 18.2 Å². The number of hydrogen-bond donors (Lipinski definition) is 0. The highest BCUT2D eigenvalue weighted by Crippen LogP contribution is 2.39. The zero-order chi connectivity index (χ0) is 23.7. The van der Waals surface area contributed by atoms with Gasteiger partial charge in [0, 0.05) is 23.5 Å². The Morgan fingerprint density at radius 3 is 2.44 bits per heavy atom. The van der Waals surface area contributed by atoms with Crippen LogP contribution in [0.15, 0.2) is 59.5 Å². The van der Waals surface area contributed by atoms with E-state index in [0.29, 0.717) is 31.2 Å². The van der Waals surface area contributed by atoms with Gasteiger partial charge in [-0.3, -0.25) is 4.79 Å². The number of carbonyl (C=O) groups is 2. The molecule has 2 aliphatic rings. The van der Waals surface area contributed by atoms with Crippen molar-refractivity contribution in [1.82, 2.24) is 4.31 Å². The van der Waals surface area contributed by atoms with Crippen molar-refractivity contribution >= 4 is 33.1 Å². The Labute approximate surface area is 202 Å². The molecule has 176 valence electrons. The third-order valence-electron chi connectivity index (χ3n) is 6.05. The van der Waals surface area contributed by atoms with E-state index in [1.165, 1.54) is 45.5 Å². The van der Waals surface area contributed by atoms with Crippen LogP contribution in [0, 0.1) is 0 Å². The van der Waals surface area contributed by atoms with Gasteiger partial charge in [-0.25, -0.2) is 13.2 Å². The van der Waals surface area contributed by atoms with Gasteiger partial charge in [0.2, 0.25) is 10.0 Å². The van der Waals surface area contributed by atoms with E-state index < -0.39 is 28.4 Å². The second kappa shape index (κ2) is 9.42. The van der Waals surface area contributed by atoms with Gasteiger partial charge in [-0.2, -0.15) is 4.31 Å². The summed E-state index contributed by atoms with van der Waals surface area (Å²) in [5.41, 5.74) is 3.83. The first kappa shape index (κ1) is 22.9. The van der Waals surface area contributed by atoms with Crippen molar-refractivity contribution in [2.75, 3.05) is 32.9 Å². The summed E-state index contributed by atoms with van der Waals surface area (Å²) in [4.78, 5) is 26.8. The van der Waals surface area contributed by atoms with Gasteiger partial charge in [-0.05, 0) is 59.9 Å². The fourth-order valence-electron chi connectivity index (χ4n) is 4.21. The highest BCUT2D eigenvalue weighted by Gasteiger charge is 2.27. The van der Waals surface area contributed by atoms with Crippen LogP contribution in [0.2, 0.25) is 0 Å². The van der Waals surface area contributed by atoms with Gasteiger partial charge < -0.3 is 9.47 Å². The average Bonchev–Trinajstić information content (AvgIpc) is 3.33. The Kier molecular flexibility index (Phi) is 6.35. The molecule has 9 heteroatoms. The van der Waals surface area contributed by atoms with Gasteiger partial charge in [0.1, 0.15) is 4.88 Å². The molecule has 0 N–H and O–H groups in total. The fourth-order valence-corrected chi connectivity index (χ4v) is 6.78. The summed E-state index contributed by atoms with van der Waals surface area (Å²) < 4.78 is 37.3. The number of carbonyl (C=O) groups excluding carboxylic acids is 2. The molecule has 0 unspecified atom stereocenters. The highest BCUT2D eigenvalue weighted by atomic mass is 32.2. The first-order valence-electron chi connectivity index (χ1n) is 11.0. The molecule has 0 bridgehead atoms. The van der Waals surface area contributed by atoms with E-state index >= 15 is 0 Å². The SMILES string of the molecule is O=C(COC(=O)c1cc2c(s1)-c1ccccc1CC2)c1ccc(S(=O)(=O)N2CCOCC2)cc1. The van der Waals surface area contributed by atoms with E-state index in [4.69, 9.17) is 9.47 Å². The van der Waals surface area contributed by atoms with Crippen LogP contribution in [0.3, 0.4) is 0 Å². The zero-order valence-electron chi connectivity index (χ0n) is 18.4. The van der Waals surface area contributed by atoms with E-state index in [9.17, 15) is 18.0 Å². The molecule has 3 aromatic rings. The number of esters is 1. The fraction of sp³-hybridized carbons (Fsp3) is 0.280. The van der Waals surface area contributed by atoms with E-state index in [1.54, 1.807) is 0 Å². The normalized spacial score (nSPS) is 15.9. The van der Waals surface area contributed by atoms with Crippen LogP contribution in [0.1, 0.15) is 31.2 Å². The quantitative estimate of drug-likeness (QED) is 0.382. The number of nitrogens with zero attached hydrogens (tertiary/aromatic N) is 1. The molecule has 1 saturated heterocycles. The summed E-state index contributed by atoms with van der Waals surface area (Å²) in [5.74, 6) is -0.924. The molecule has 5 rings (SSSR count). The third-order valence-corrected chi connectivity index (χ3v) is 9.16. The number of thiophene rings is 1. The molecule has 0 amide bonds. The lowest BCUT2D eigenvalue weighted by molar-refractivity contribution is 0.0479. The minimum atomic E-state index is -3.63. The molecule has 0 atom stereocenters. The van der Waals surface area contributed by atoms with Gasteiger partial charge in [-0.15, -0.1) is 11.3 Å². The minimum absolute atomic E-state index is 0.118. The summed E-state index contributed by atoms with van der Waals surface area (Å²) in [6, 6.07) is 15.7. The number of sulfonamides is 1. The minimum Gasteiger partial charge on any atom is -0.453 e. The number of ether oxygens (including phenoxy) is 2. The maximum Gasteiger partial charge on any atom is 0.348 e. The Bertz CT molecular complexity index is 1340. The van der Waals surface area contributed by atoms with Gasteiger partial charge in [0.05, 0.1) is 18.1 Å². The average molecular weight is 498 g/mol. The molecule has 1 aromatic heterocycles. The molecule has 0 radical (unpaired) electrons. The monoisotopic (exact) mass is 497 g/mol. The summed E-state index contributed by atoms with van der Waals surface area (Å²) in [6.07, 6.45) is 1.80. The van der Waals surface area contributed by atoms with Crippen LogP contribution in [0.5, 0.6) is 0 Å². The van der Waals surface area contributed by atoms with Crippen molar-refractivity contribution in [1.29, 1.82) is 0 Å². The smallest absolute Gasteiger partial charge is 0.348 e. The number of rotatable bonds is 6. The molecular weight excluding hydrogens is 474 g/mol. The van der Waals surface area contributed by atoms with Crippen LogP contribution in [-0.2, 0) is 32.3 Å². The standard InChI is InChI=1S/C25H23NO6S2/c27-22(18-7-9-20(10-8-18)34(29,30)26-11-13-31-14-12-26)16-32-25(28)23-15-19-6-5-17-3-1-2-4-21(17)24(19)33-23/h1-4,7-10,15H,5-6,11-14,16H2. The number of hydrogen-bond acceptors (Lipinski definition) is 7. The van der Waals surface area contributed by atoms with Gasteiger partial charge in [0.15, 0.2) is 12.4 Å². The second-order valence-corrected chi connectivity index (χ2v) is 11.2. The van der Waals surface area contributed by atoms with Crippen LogP contribution >= 0.6 is 11.3 Å². The molecule has 1 fully saturated rings. The Balaban J connectivity index is 1.23. The van der Waals surface area contributed by atoms with Crippen molar-refractivity contribution in [3.8, 4) is 10.4 Å². The molecule has 0 spiro atoms.